The Labute approximate surface area is 113 Å². The van der Waals surface area contributed by atoms with Crippen LogP contribution in [0, 0.1) is 0 Å². The molecule has 2 heterocycles. The summed E-state index contributed by atoms with van der Waals surface area (Å²) in [4.78, 5) is 6.64. The molecule has 2 rings (SSSR count). The van der Waals surface area contributed by atoms with Crippen LogP contribution in [0.4, 0.5) is 0 Å². The van der Waals surface area contributed by atoms with Gasteiger partial charge in [-0.05, 0) is 44.8 Å². The number of halogens is 2. The summed E-state index contributed by atoms with van der Waals surface area (Å²) in [6.45, 7) is 1.97. The Morgan fingerprint density at radius 2 is 2.13 bits per heavy atom. The molecule has 2 nitrogen and oxygen atoms in total. The highest BCUT2D eigenvalue weighted by Crippen LogP contribution is 2.39. The summed E-state index contributed by atoms with van der Waals surface area (Å²) in [6, 6.07) is 2.13. The van der Waals surface area contributed by atoms with Gasteiger partial charge in [-0.15, -0.1) is 22.7 Å². The second-order valence-electron chi connectivity index (χ2n) is 3.09. The number of hydrogen-bond acceptors (Lipinski definition) is 4. The molecule has 1 unspecified atom stereocenters. The second kappa shape index (κ2) is 4.63. The average Bonchev–Trinajstić information content (AvgIpc) is 2.74. The first kappa shape index (κ1) is 11.7. The van der Waals surface area contributed by atoms with Crippen LogP contribution in [-0.2, 0) is 0 Å². The molecule has 0 saturated heterocycles. The quantitative estimate of drug-likeness (QED) is 0.853. The van der Waals surface area contributed by atoms with Crippen LogP contribution in [0.5, 0.6) is 0 Å². The molecule has 1 atom stereocenters. The van der Waals surface area contributed by atoms with Crippen LogP contribution in [0.15, 0.2) is 20.5 Å². The lowest BCUT2D eigenvalue weighted by atomic mass is 10.3. The first-order valence-electron chi connectivity index (χ1n) is 4.24. The number of nitrogens with zero attached hydrogens (tertiary/aromatic N) is 1. The zero-order valence-electron chi connectivity index (χ0n) is 7.83. The second-order valence-corrected chi connectivity index (χ2v) is 7.38. The first-order chi connectivity index (χ1) is 7.08. The largest absolute Gasteiger partial charge is 0.323 e. The third-order valence-corrected chi connectivity index (χ3v) is 6.45. The smallest absolute Gasteiger partial charge is 0.133 e. The van der Waals surface area contributed by atoms with Gasteiger partial charge in [0, 0.05) is 21.6 Å². The zero-order chi connectivity index (χ0) is 11.0. The number of thiazole rings is 1. The summed E-state index contributed by atoms with van der Waals surface area (Å²) in [5.41, 5.74) is 5.80. The standard InChI is InChI=1S/C9H8Br2N2S2/c1-4(12)7-3-13-9(15-7)6-2-5(10)8(11)14-6/h2-4H,12H2,1H3. The molecule has 0 saturated carbocycles. The first-order valence-corrected chi connectivity index (χ1v) is 7.46. The molecule has 2 aromatic rings. The van der Waals surface area contributed by atoms with Crippen LogP contribution >= 0.6 is 54.5 Å². The number of nitrogens with two attached hydrogens (primary N) is 1. The van der Waals surface area contributed by atoms with Gasteiger partial charge >= 0.3 is 0 Å². The number of thiophene rings is 1. The normalized spacial score (nSPS) is 13.1. The summed E-state index contributed by atoms with van der Waals surface area (Å²) in [6.07, 6.45) is 1.85. The van der Waals surface area contributed by atoms with Crippen LogP contribution < -0.4 is 5.73 Å². The molecular weight excluding hydrogens is 360 g/mol. The van der Waals surface area contributed by atoms with E-state index in [4.69, 9.17) is 5.73 Å². The third-order valence-electron chi connectivity index (χ3n) is 1.83. The number of rotatable bonds is 2. The van der Waals surface area contributed by atoms with Crippen LogP contribution in [-0.4, -0.2) is 4.98 Å². The summed E-state index contributed by atoms with van der Waals surface area (Å²) in [7, 11) is 0. The molecular formula is C9H8Br2N2S2. The molecule has 0 amide bonds. The van der Waals surface area contributed by atoms with Crippen molar-refractivity contribution in [3.63, 3.8) is 0 Å². The van der Waals surface area contributed by atoms with E-state index < -0.39 is 0 Å². The molecule has 2 aromatic heterocycles. The van der Waals surface area contributed by atoms with E-state index >= 15 is 0 Å². The highest BCUT2D eigenvalue weighted by Gasteiger charge is 2.11. The Balaban J connectivity index is 2.37. The van der Waals surface area contributed by atoms with Gasteiger partial charge in [-0.25, -0.2) is 4.98 Å². The van der Waals surface area contributed by atoms with Gasteiger partial charge in [-0.2, -0.15) is 0 Å². The molecule has 0 aromatic carbocycles. The molecule has 0 spiro atoms. The molecule has 0 radical (unpaired) electrons. The van der Waals surface area contributed by atoms with E-state index in [9.17, 15) is 0 Å². The van der Waals surface area contributed by atoms with Gasteiger partial charge in [-0.1, -0.05) is 0 Å². The maximum absolute atomic E-state index is 5.80. The molecule has 0 bridgehead atoms. The molecule has 80 valence electrons. The SMILES string of the molecule is CC(N)c1cnc(-c2cc(Br)c(Br)s2)s1. The lowest BCUT2D eigenvalue weighted by molar-refractivity contribution is 0.835. The van der Waals surface area contributed by atoms with Gasteiger partial charge in [0.1, 0.15) is 5.01 Å². The van der Waals surface area contributed by atoms with Crippen molar-refractivity contribution in [2.45, 2.75) is 13.0 Å². The Morgan fingerprint density at radius 1 is 1.40 bits per heavy atom. The molecule has 0 fully saturated rings. The summed E-state index contributed by atoms with van der Waals surface area (Å²) >= 11 is 10.3. The van der Waals surface area contributed by atoms with E-state index in [2.05, 4.69) is 42.9 Å². The van der Waals surface area contributed by atoms with E-state index in [-0.39, 0.29) is 6.04 Å². The minimum Gasteiger partial charge on any atom is -0.323 e. The average molecular weight is 368 g/mol. The highest BCUT2D eigenvalue weighted by molar-refractivity contribution is 9.13. The van der Waals surface area contributed by atoms with Gasteiger partial charge in [0.2, 0.25) is 0 Å². The number of hydrogen-bond donors (Lipinski definition) is 1. The van der Waals surface area contributed by atoms with E-state index in [1.54, 1.807) is 22.7 Å². The number of aromatic nitrogens is 1. The van der Waals surface area contributed by atoms with Crippen molar-refractivity contribution in [3.8, 4) is 9.88 Å². The maximum atomic E-state index is 5.80. The fourth-order valence-corrected chi connectivity index (χ4v) is 4.02. The van der Waals surface area contributed by atoms with Gasteiger partial charge in [0.25, 0.3) is 0 Å². The molecule has 0 aliphatic rings. The van der Waals surface area contributed by atoms with Gasteiger partial charge in [0.05, 0.1) is 8.66 Å². The molecule has 0 aliphatic carbocycles. The Morgan fingerprint density at radius 3 is 2.60 bits per heavy atom. The van der Waals surface area contributed by atoms with Crippen molar-refractivity contribution in [3.05, 3.63) is 25.4 Å². The Bertz CT molecular complexity index is 457. The van der Waals surface area contributed by atoms with Crippen molar-refractivity contribution >= 4 is 54.5 Å². The monoisotopic (exact) mass is 366 g/mol. The minimum absolute atomic E-state index is 0.0584. The zero-order valence-corrected chi connectivity index (χ0v) is 12.6. The fourth-order valence-electron chi connectivity index (χ4n) is 1.06. The van der Waals surface area contributed by atoms with Crippen molar-refractivity contribution in [2.24, 2.45) is 5.73 Å². The molecule has 2 N–H and O–H groups in total. The van der Waals surface area contributed by atoms with Gasteiger partial charge in [-0.3, -0.25) is 0 Å². The van der Waals surface area contributed by atoms with E-state index in [0.717, 1.165) is 23.0 Å². The summed E-state index contributed by atoms with van der Waals surface area (Å²) in [5, 5.41) is 1.03. The Kier molecular flexibility index (Phi) is 3.62. The van der Waals surface area contributed by atoms with Crippen LogP contribution in [0.3, 0.4) is 0 Å². The van der Waals surface area contributed by atoms with E-state index in [1.807, 2.05) is 13.1 Å². The fraction of sp³-hybridized carbons (Fsp3) is 0.222. The van der Waals surface area contributed by atoms with Crippen molar-refractivity contribution in [2.75, 3.05) is 0 Å². The lowest BCUT2D eigenvalue weighted by Gasteiger charge is -1.96. The predicted molar refractivity (Wildman–Crippen MR) is 73.4 cm³/mol. The van der Waals surface area contributed by atoms with Crippen LogP contribution in [0.25, 0.3) is 9.88 Å². The van der Waals surface area contributed by atoms with Gasteiger partial charge < -0.3 is 5.73 Å². The summed E-state index contributed by atoms with van der Waals surface area (Å²) in [5.74, 6) is 0. The minimum atomic E-state index is 0.0584. The van der Waals surface area contributed by atoms with Crippen molar-refractivity contribution in [1.29, 1.82) is 0 Å². The highest BCUT2D eigenvalue weighted by atomic mass is 79.9. The molecule has 0 aliphatic heterocycles. The van der Waals surface area contributed by atoms with Crippen LogP contribution in [0.1, 0.15) is 17.8 Å². The van der Waals surface area contributed by atoms with Crippen molar-refractivity contribution < 1.29 is 0 Å². The lowest BCUT2D eigenvalue weighted by Crippen LogP contribution is -2.01. The topological polar surface area (TPSA) is 38.9 Å². The Hall–Kier alpha value is 0.250. The molecule has 15 heavy (non-hydrogen) atoms. The third kappa shape index (κ3) is 2.50. The van der Waals surface area contributed by atoms with E-state index in [1.165, 1.54) is 0 Å². The van der Waals surface area contributed by atoms with Gasteiger partial charge in [0.15, 0.2) is 0 Å². The summed E-state index contributed by atoms with van der Waals surface area (Å²) < 4.78 is 2.16. The van der Waals surface area contributed by atoms with E-state index in [0.29, 0.717) is 0 Å². The van der Waals surface area contributed by atoms with Crippen LogP contribution in [0.2, 0.25) is 0 Å². The molecule has 6 heteroatoms. The van der Waals surface area contributed by atoms with Crippen molar-refractivity contribution in [1.82, 2.24) is 4.98 Å². The predicted octanol–water partition coefficient (Wildman–Crippen LogP) is 4.42. The maximum Gasteiger partial charge on any atom is 0.133 e.